The molecule has 1 spiro atoms. The van der Waals surface area contributed by atoms with Crippen LogP contribution in [0.4, 0.5) is 5.69 Å². The van der Waals surface area contributed by atoms with E-state index < -0.39 is 28.1 Å². The minimum atomic E-state index is -1.20. The Hall–Kier alpha value is -3.37. The summed E-state index contributed by atoms with van der Waals surface area (Å²) in [6.07, 6.45) is 7.29. The van der Waals surface area contributed by atoms with Gasteiger partial charge < -0.3 is 29.2 Å². The molecule has 2 unspecified atom stereocenters. The summed E-state index contributed by atoms with van der Waals surface area (Å²) in [4.78, 5) is 28.3. The van der Waals surface area contributed by atoms with Crippen LogP contribution < -0.4 is 4.74 Å². The second-order valence-electron chi connectivity index (χ2n) is 10.2. The number of nitro groups is 1. The van der Waals surface area contributed by atoms with Crippen molar-refractivity contribution in [3.8, 4) is 11.5 Å². The third-order valence-corrected chi connectivity index (χ3v) is 8.81. The SMILES string of the molecule is CN(C(=O)/C=C/c1ccoc1)C1CC[C@@]2(O)[C@H]3Cc4c([N+](=O)[O-])cc(O)c5c4[C@@]2(CCN3C)C1O5. The van der Waals surface area contributed by atoms with Crippen LogP contribution in [0, 0.1) is 10.1 Å². The molecule has 4 aliphatic rings. The maximum Gasteiger partial charge on any atom is 0.276 e. The number of ether oxygens (including phenoxy) is 1. The van der Waals surface area contributed by atoms with Gasteiger partial charge in [-0.2, -0.15) is 0 Å². The van der Waals surface area contributed by atoms with Gasteiger partial charge in [-0.3, -0.25) is 14.9 Å². The third-order valence-electron chi connectivity index (χ3n) is 8.81. The van der Waals surface area contributed by atoms with Gasteiger partial charge in [-0.05, 0) is 51.4 Å². The minimum absolute atomic E-state index is 0.151. The van der Waals surface area contributed by atoms with Crippen molar-refractivity contribution in [2.45, 2.75) is 54.9 Å². The number of phenolic OH excluding ortho intramolecular Hbond substituents is 1. The number of likely N-dealkylation sites (tertiary alicyclic amines) is 1. The Morgan fingerprint density at radius 1 is 1.40 bits per heavy atom. The fourth-order valence-electron chi connectivity index (χ4n) is 7.17. The third kappa shape index (κ3) is 2.75. The minimum Gasteiger partial charge on any atom is -0.504 e. The van der Waals surface area contributed by atoms with Crippen molar-refractivity contribution in [1.29, 1.82) is 0 Å². The van der Waals surface area contributed by atoms with E-state index in [0.29, 0.717) is 43.4 Å². The van der Waals surface area contributed by atoms with Gasteiger partial charge >= 0.3 is 0 Å². The van der Waals surface area contributed by atoms with Crippen LogP contribution in [0.15, 0.2) is 35.2 Å². The first-order valence-electron chi connectivity index (χ1n) is 11.8. The average Bonchev–Trinajstić information content (AvgIpc) is 3.46. The van der Waals surface area contributed by atoms with E-state index in [1.807, 2.05) is 7.05 Å². The highest BCUT2D eigenvalue weighted by Gasteiger charge is 2.73. The molecular weight excluding hydrogens is 454 g/mol. The summed E-state index contributed by atoms with van der Waals surface area (Å²) in [7, 11) is 3.64. The molecule has 5 atom stereocenters. The molecule has 1 aromatic heterocycles. The van der Waals surface area contributed by atoms with E-state index in [2.05, 4.69) is 4.90 Å². The van der Waals surface area contributed by atoms with Crippen molar-refractivity contribution in [2.24, 2.45) is 0 Å². The number of hydrogen-bond donors (Lipinski definition) is 2. The standard InChI is InChI=1S/C25H27N3O7/c1-26-9-8-24-21-15-11-19(26)25(24,31)7-5-16(27(2)20(30)4-3-14-6-10-34-13-14)23(24)35-22(21)18(29)12-17(15)28(32)33/h3-4,6,10,12-13,16,19,23,29,31H,5,7-9,11H2,1-2H3/b4-3+/t16?,19-,23?,24+,25-/m1/s1. The highest BCUT2D eigenvalue weighted by atomic mass is 16.6. The molecule has 2 aliphatic carbocycles. The predicted octanol–water partition coefficient (Wildman–Crippen LogP) is 2.22. The van der Waals surface area contributed by atoms with Gasteiger partial charge in [0.2, 0.25) is 5.91 Å². The summed E-state index contributed by atoms with van der Waals surface area (Å²) in [5.41, 5.74) is -0.469. The molecule has 1 saturated heterocycles. The molecular formula is C25H27N3O7. The zero-order chi connectivity index (χ0) is 24.7. The fourth-order valence-corrected chi connectivity index (χ4v) is 7.17. The number of rotatable bonds is 4. The number of amides is 1. The number of hydrogen-bond acceptors (Lipinski definition) is 8. The Morgan fingerprint density at radius 2 is 2.20 bits per heavy atom. The van der Waals surface area contributed by atoms with Crippen LogP contribution in [0.1, 0.15) is 36.0 Å². The largest absolute Gasteiger partial charge is 0.504 e. The number of likely N-dealkylation sites (N-methyl/N-ethyl adjacent to an activating group) is 2. The van der Waals surface area contributed by atoms with Crippen LogP contribution in [0.3, 0.4) is 0 Å². The van der Waals surface area contributed by atoms with E-state index >= 15 is 0 Å². The maximum absolute atomic E-state index is 13.1. The van der Waals surface area contributed by atoms with Crippen LogP contribution >= 0.6 is 0 Å². The summed E-state index contributed by atoms with van der Waals surface area (Å²) in [5.74, 6) is -0.321. The van der Waals surface area contributed by atoms with Gasteiger partial charge in [0, 0.05) is 35.9 Å². The highest BCUT2D eigenvalue weighted by Crippen LogP contribution is 2.66. The lowest BCUT2D eigenvalue weighted by Crippen LogP contribution is -2.77. The Kier molecular flexibility index (Phi) is 4.62. The first-order chi connectivity index (χ1) is 16.7. The zero-order valence-corrected chi connectivity index (χ0v) is 19.5. The summed E-state index contributed by atoms with van der Waals surface area (Å²) < 4.78 is 11.4. The lowest BCUT2D eigenvalue weighted by atomic mass is 9.48. The molecule has 2 N–H and O–H groups in total. The van der Waals surface area contributed by atoms with Gasteiger partial charge in [-0.25, -0.2) is 0 Å². The lowest BCUT2D eigenvalue weighted by Gasteiger charge is -2.64. The average molecular weight is 482 g/mol. The highest BCUT2D eigenvalue weighted by molar-refractivity contribution is 5.92. The quantitative estimate of drug-likeness (QED) is 0.386. The molecule has 2 aromatic rings. The van der Waals surface area contributed by atoms with Gasteiger partial charge in [0.1, 0.15) is 6.10 Å². The molecule has 10 heteroatoms. The number of piperidine rings is 1. The fraction of sp³-hybridized carbons (Fsp3) is 0.480. The van der Waals surface area contributed by atoms with Crippen LogP contribution in [-0.2, 0) is 16.6 Å². The normalized spacial score (nSPS) is 32.8. The van der Waals surface area contributed by atoms with Crippen molar-refractivity contribution in [3.05, 3.63) is 57.5 Å². The summed E-state index contributed by atoms with van der Waals surface area (Å²) in [6.45, 7) is 0.667. The number of aliphatic hydroxyl groups is 1. The van der Waals surface area contributed by atoms with Crippen LogP contribution in [0.25, 0.3) is 6.08 Å². The van der Waals surface area contributed by atoms with Crippen molar-refractivity contribution >= 4 is 17.7 Å². The van der Waals surface area contributed by atoms with Crippen molar-refractivity contribution in [2.75, 3.05) is 20.6 Å². The van der Waals surface area contributed by atoms with E-state index in [4.69, 9.17) is 9.15 Å². The van der Waals surface area contributed by atoms with E-state index in [1.165, 1.54) is 18.6 Å². The van der Waals surface area contributed by atoms with Crippen molar-refractivity contribution in [3.63, 3.8) is 0 Å². The van der Waals surface area contributed by atoms with E-state index in [1.54, 1.807) is 24.1 Å². The monoisotopic (exact) mass is 481 g/mol. The van der Waals surface area contributed by atoms with E-state index in [0.717, 1.165) is 11.6 Å². The molecule has 0 radical (unpaired) electrons. The van der Waals surface area contributed by atoms with Crippen molar-refractivity contribution in [1.82, 2.24) is 9.80 Å². The first-order valence-corrected chi connectivity index (χ1v) is 11.8. The van der Waals surface area contributed by atoms with Crippen molar-refractivity contribution < 1.29 is 29.1 Å². The molecule has 1 amide bonds. The summed E-state index contributed by atoms with van der Waals surface area (Å²) in [5, 5.41) is 35.0. The summed E-state index contributed by atoms with van der Waals surface area (Å²) in [6, 6.07) is 2.18. The summed E-state index contributed by atoms with van der Waals surface area (Å²) >= 11 is 0. The number of furan rings is 1. The molecule has 35 heavy (non-hydrogen) atoms. The molecule has 1 aromatic carbocycles. The van der Waals surface area contributed by atoms with Crippen LogP contribution in [-0.4, -0.2) is 75.3 Å². The number of carbonyl (C=O) groups excluding carboxylic acids is 1. The number of benzene rings is 1. The second kappa shape index (κ2) is 7.32. The first kappa shape index (κ1) is 22.1. The number of nitro benzene ring substituents is 1. The van der Waals surface area contributed by atoms with Crippen LogP contribution in [0.5, 0.6) is 11.5 Å². The Morgan fingerprint density at radius 3 is 2.91 bits per heavy atom. The lowest BCUT2D eigenvalue weighted by molar-refractivity contribution is -0.386. The van der Waals surface area contributed by atoms with E-state index in [9.17, 15) is 25.1 Å². The van der Waals surface area contributed by atoms with Gasteiger partial charge in [0.05, 0.1) is 40.6 Å². The van der Waals surface area contributed by atoms with Crippen LogP contribution in [0.2, 0.25) is 0 Å². The molecule has 10 nitrogen and oxygen atoms in total. The Balaban J connectivity index is 1.47. The number of aromatic hydroxyl groups is 1. The Labute approximate surface area is 201 Å². The number of phenols is 1. The molecule has 2 fully saturated rings. The van der Waals surface area contributed by atoms with Gasteiger partial charge in [-0.15, -0.1) is 0 Å². The zero-order valence-electron chi connectivity index (χ0n) is 19.5. The Bertz CT molecular complexity index is 1260. The number of nitrogens with zero attached hydrogens (tertiary/aromatic N) is 3. The van der Waals surface area contributed by atoms with Gasteiger partial charge in [0.15, 0.2) is 11.5 Å². The topological polar surface area (TPSA) is 130 Å². The molecule has 6 rings (SSSR count). The smallest absolute Gasteiger partial charge is 0.276 e. The maximum atomic E-state index is 13.1. The number of carbonyl (C=O) groups is 1. The molecule has 3 heterocycles. The molecule has 184 valence electrons. The molecule has 1 saturated carbocycles. The molecule has 2 aliphatic heterocycles. The van der Waals surface area contributed by atoms with Gasteiger partial charge in [-0.1, -0.05) is 0 Å². The predicted molar refractivity (Wildman–Crippen MR) is 124 cm³/mol. The second-order valence-corrected chi connectivity index (χ2v) is 10.2. The van der Waals surface area contributed by atoms with E-state index in [-0.39, 0.29) is 29.1 Å². The van der Waals surface area contributed by atoms with Gasteiger partial charge in [0.25, 0.3) is 5.69 Å². The molecule has 2 bridgehead atoms.